The topological polar surface area (TPSA) is 47.4 Å². The van der Waals surface area contributed by atoms with Gasteiger partial charge in [0.15, 0.2) is 6.10 Å². The van der Waals surface area contributed by atoms with Crippen molar-refractivity contribution in [1.82, 2.24) is 14.7 Å². The largest absolute Gasteiger partial charge is 0.367 e. The first-order chi connectivity index (χ1) is 11.5. The fraction of sp³-hybridized carbons (Fsp3) is 0.474. The van der Waals surface area contributed by atoms with Gasteiger partial charge in [0.25, 0.3) is 5.91 Å². The number of hydrogen-bond acceptors (Lipinski definition) is 3. The molecule has 5 nitrogen and oxygen atoms in total. The van der Waals surface area contributed by atoms with E-state index in [1.54, 1.807) is 7.11 Å². The van der Waals surface area contributed by atoms with Crippen molar-refractivity contribution >= 4 is 5.91 Å². The van der Waals surface area contributed by atoms with E-state index in [9.17, 15) is 4.79 Å². The van der Waals surface area contributed by atoms with Gasteiger partial charge in [-0.1, -0.05) is 30.3 Å². The van der Waals surface area contributed by atoms with Crippen LogP contribution in [-0.4, -0.2) is 34.2 Å². The Balaban J connectivity index is 1.91. The number of ether oxygens (including phenoxy) is 1. The fourth-order valence-electron chi connectivity index (χ4n) is 3.76. The molecule has 0 spiro atoms. The summed E-state index contributed by atoms with van der Waals surface area (Å²) in [5.41, 5.74) is 4.22. The smallest absolute Gasteiger partial charge is 0.256 e. The highest BCUT2D eigenvalue weighted by Crippen LogP contribution is 2.37. The molecule has 1 aliphatic rings. The first-order valence-electron chi connectivity index (χ1n) is 8.43. The van der Waals surface area contributed by atoms with E-state index < -0.39 is 6.10 Å². The number of aromatic nitrogens is 2. The molecule has 5 heteroatoms. The van der Waals surface area contributed by atoms with Gasteiger partial charge in [-0.2, -0.15) is 5.10 Å². The maximum absolute atomic E-state index is 13.2. The van der Waals surface area contributed by atoms with Gasteiger partial charge in [-0.25, -0.2) is 0 Å². The van der Waals surface area contributed by atoms with E-state index in [0.717, 1.165) is 36.3 Å². The number of carbonyl (C=O) groups is 1. The normalized spacial score (nSPS) is 18.8. The summed E-state index contributed by atoms with van der Waals surface area (Å²) < 4.78 is 7.45. The molecule has 2 heterocycles. The number of likely N-dealkylation sites (tertiary alicyclic amines) is 1. The maximum Gasteiger partial charge on any atom is 0.256 e. The lowest BCUT2D eigenvalue weighted by molar-refractivity contribution is -0.143. The Kier molecular flexibility index (Phi) is 4.71. The Morgan fingerprint density at radius 3 is 2.58 bits per heavy atom. The second kappa shape index (κ2) is 6.77. The average Bonchev–Trinajstić information content (AvgIpc) is 3.14. The molecule has 0 unspecified atom stereocenters. The molecule has 1 aliphatic heterocycles. The van der Waals surface area contributed by atoms with E-state index >= 15 is 0 Å². The third-order valence-electron chi connectivity index (χ3n) is 5.00. The zero-order valence-corrected chi connectivity index (χ0v) is 14.8. The Hall–Kier alpha value is -2.14. The number of nitrogens with zero attached hydrogens (tertiary/aromatic N) is 3. The van der Waals surface area contributed by atoms with Crippen LogP contribution in [0.15, 0.2) is 30.3 Å². The summed E-state index contributed by atoms with van der Waals surface area (Å²) in [6.07, 6.45) is 1.43. The molecule has 1 aromatic heterocycles. The minimum atomic E-state index is -0.552. The summed E-state index contributed by atoms with van der Waals surface area (Å²) in [5.74, 6) is 0.0360. The van der Waals surface area contributed by atoms with Crippen molar-refractivity contribution in [3.63, 3.8) is 0 Å². The van der Waals surface area contributed by atoms with E-state index in [4.69, 9.17) is 4.74 Å². The Labute approximate surface area is 143 Å². The quantitative estimate of drug-likeness (QED) is 0.867. The summed E-state index contributed by atoms with van der Waals surface area (Å²) in [5, 5.41) is 4.52. The number of aryl methyl sites for hydroxylation is 2. The molecule has 0 radical (unpaired) electrons. The first kappa shape index (κ1) is 16.7. The molecular formula is C19H25N3O2. The molecule has 3 rings (SSSR count). The summed E-state index contributed by atoms with van der Waals surface area (Å²) in [7, 11) is 3.55. The Bertz CT molecular complexity index is 724. The third-order valence-corrected chi connectivity index (χ3v) is 5.00. The highest BCUT2D eigenvalue weighted by atomic mass is 16.5. The predicted molar refractivity (Wildman–Crippen MR) is 92.6 cm³/mol. The van der Waals surface area contributed by atoms with E-state index in [1.807, 2.05) is 53.9 Å². The summed E-state index contributed by atoms with van der Waals surface area (Å²) >= 11 is 0. The minimum absolute atomic E-state index is 0.0360. The van der Waals surface area contributed by atoms with Gasteiger partial charge in [-0.15, -0.1) is 0 Å². The van der Waals surface area contributed by atoms with Crippen molar-refractivity contribution in [3.05, 3.63) is 52.8 Å². The van der Waals surface area contributed by atoms with Crippen molar-refractivity contribution in [2.24, 2.45) is 7.05 Å². The van der Waals surface area contributed by atoms with Gasteiger partial charge in [0.05, 0.1) is 11.7 Å². The lowest BCUT2D eigenvalue weighted by Crippen LogP contribution is -2.35. The van der Waals surface area contributed by atoms with Gasteiger partial charge >= 0.3 is 0 Å². The molecule has 0 aliphatic carbocycles. The lowest BCUT2D eigenvalue weighted by atomic mass is 10.0. The number of amides is 1. The summed E-state index contributed by atoms with van der Waals surface area (Å²) in [6.45, 7) is 4.86. The summed E-state index contributed by atoms with van der Waals surface area (Å²) in [6, 6.07) is 9.79. The van der Waals surface area contributed by atoms with Crippen LogP contribution in [0.1, 0.15) is 47.5 Å². The molecule has 24 heavy (non-hydrogen) atoms. The van der Waals surface area contributed by atoms with Crippen molar-refractivity contribution in [3.8, 4) is 0 Å². The van der Waals surface area contributed by atoms with Crippen molar-refractivity contribution in [2.75, 3.05) is 13.7 Å². The minimum Gasteiger partial charge on any atom is -0.367 e. The molecule has 1 fully saturated rings. The molecule has 1 saturated heterocycles. The number of rotatable bonds is 4. The van der Waals surface area contributed by atoms with Crippen LogP contribution in [0, 0.1) is 13.8 Å². The second-order valence-electron chi connectivity index (χ2n) is 6.42. The second-order valence-corrected chi connectivity index (χ2v) is 6.42. The highest BCUT2D eigenvalue weighted by molar-refractivity contribution is 5.83. The number of hydrogen-bond donors (Lipinski definition) is 0. The molecular weight excluding hydrogens is 302 g/mol. The number of methoxy groups -OCH3 is 1. The van der Waals surface area contributed by atoms with Gasteiger partial charge in [0, 0.05) is 32.0 Å². The van der Waals surface area contributed by atoms with Crippen LogP contribution in [-0.2, 0) is 16.6 Å². The van der Waals surface area contributed by atoms with Crippen molar-refractivity contribution < 1.29 is 9.53 Å². The molecule has 0 bridgehead atoms. The molecule has 1 amide bonds. The van der Waals surface area contributed by atoms with E-state index in [0.29, 0.717) is 0 Å². The number of carbonyl (C=O) groups excluding carboxylic acids is 1. The van der Waals surface area contributed by atoms with Crippen molar-refractivity contribution in [2.45, 2.75) is 38.8 Å². The Morgan fingerprint density at radius 1 is 1.29 bits per heavy atom. The van der Waals surface area contributed by atoms with Crippen molar-refractivity contribution in [1.29, 1.82) is 0 Å². The Morgan fingerprint density at radius 2 is 2.00 bits per heavy atom. The maximum atomic E-state index is 13.2. The van der Waals surface area contributed by atoms with Crippen LogP contribution in [0.2, 0.25) is 0 Å². The van der Waals surface area contributed by atoms with Gasteiger partial charge < -0.3 is 9.64 Å². The van der Waals surface area contributed by atoms with Gasteiger partial charge in [-0.3, -0.25) is 9.48 Å². The van der Waals surface area contributed by atoms with Crippen LogP contribution in [0.25, 0.3) is 0 Å². The summed E-state index contributed by atoms with van der Waals surface area (Å²) in [4.78, 5) is 15.1. The first-order valence-corrected chi connectivity index (χ1v) is 8.43. The van der Waals surface area contributed by atoms with Crippen LogP contribution in [0.4, 0.5) is 0 Å². The zero-order chi connectivity index (χ0) is 17.3. The SMILES string of the molecule is CO[C@H](C(=O)N1CCC[C@@H]1c1c(C)nn(C)c1C)c1ccccc1. The molecule has 2 aromatic rings. The van der Waals surface area contributed by atoms with Crippen LogP contribution in [0.3, 0.4) is 0 Å². The highest BCUT2D eigenvalue weighted by Gasteiger charge is 2.37. The van der Waals surface area contributed by atoms with E-state index in [2.05, 4.69) is 12.0 Å². The monoisotopic (exact) mass is 327 g/mol. The van der Waals surface area contributed by atoms with Crippen LogP contribution in [0.5, 0.6) is 0 Å². The molecule has 0 N–H and O–H groups in total. The molecule has 0 saturated carbocycles. The molecule has 2 atom stereocenters. The molecule has 1 aromatic carbocycles. The lowest BCUT2D eigenvalue weighted by Gasteiger charge is -2.29. The predicted octanol–water partition coefficient (Wildman–Crippen LogP) is 3.09. The fourth-order valence-corrected chi connectivity index (χ4v) is 3.76. The third kappa shape index (κ3) is 2.84. The zero-order valence-electron chi connectivity index (χ0n) is 14.8. The number of benzene rings is 1. The average molecular weight is 327 g/mol. The van der Waals surface area contributed by atoms with Gasteiger partial charge in [0.2, 0.25) is 0 Å². The van der Waals surface area contributed by atoms with E-state index in [-0.39, 0.29) is 11.9 Å². The van der Waals surface area contributed by atoms with E-state index in [1.165, 1.54) is 5.56 Å². The standard InChI is InChI=1S/C19H25N3O2/c1-13-17(14(2)21(3)20-13)16-11-8-12-22(16)19(23)18(24-4)15-9-6-5-7-10-15/h5-7,9-10,16,18H,8,11-12H2,1-4H3/t16-,18+/m1/s1. The molecule has 128 valence electrons. The van der Waals surface area contributed by atoms with Crippen LogP contribution < -0.4 is 0 Å². The van der Waals surface area contributed by atoms with Gasteiger partial charge in [0.1, 0.15) is 0 Å². The van der Waals surface area contributed by atoms with Crippen LogP contribution >= 0.6 is 0 Å². The van der Waals surface area contributed by atoms with Gasteiger partial charge in [-0.05, 0) is 32.3 Å².